The average Bonchev–Trinajstić information content (AvgIpc) is 2.48. The normalized spacial score (nSPS) is 11.6. The van der Waals surface area contributed by atoms with E-state index in [0.29, 0.717) is 6.42 Å². The van der Waals surface area contributed by atoms with Crippen LogP contribution in [-0.4, -0.2) is 36.1 Å². The van der Waals surface area contributed by atoms with E-state index < -0.39 is 18.4 Å². The van der Waals surface area contributed by atoms with Crippen LogP contribution >= 0.6 is 0 Å². The lowest BCUT2D eigenvalue weighted by Gasteiger charge is -2.13. The number of carboxylic acids is 1. The van der Waals surface area contributed by atoms with Crippen molar-refractivity contribution in [3.63, 3.8) is 0 Å². The number of rotatable bonds is 14. The summed E-state index contributed by atoms with van der Waals surface area (Å²) in [6.07, 6.45) is 6.42. The number of carbonyl (C=O) groups is 3. The van der Waals surface area contributed by atoms with Crippen molar-refractivity contribution in [2.24, 2.45) is 0 Å². The van der Waals surface area contributed by atoms with Crippen LogP contribution in [0.15, 0.2) is 0 Å². The molecule has 0 saturated carbocycles. The molecule has 0 radical (unpaired) electrons. The molecule has 7 nitrogen and oxygen atoms in total. The summed E-state index contributed by atoms with van der Waals surface area (Å²) in [6, 6.07) is 0. The number of aliphatic carboxylic acids is 1. The fraction of sp³-hybridized carbons (Fsp3) is 0.824. The van der Waals surface area contributed by atoms with Crippen LogP contribution in [0.1, 0.15) is 78.1 Å². The summed E-state index contributed by atoms with van der Waals surface area (Å²) in [6.45, 7) is 3.34. The van der Waals surface area contributed by atoms with E-state index in [1.807, 2.05) is 0 Å². The van der Waals surface area contributed by atoms with Crippen molar-refractivity contribution in [3.05, 3.63) is 0 Å². The number of carbonyl (C=O) groups excluding carboxylic acids is 2. The number of esters is 1. The summed E-state index contributed by atoms with van der Waals surface area (Å²) in [5.74, 6) is -1.12. The average molecular weight is 346 g/mol. The first-order chi connectivity index (χ1) is 11.5. The minimum atomic E-state index is -0.942. The second-order valence-electron chi connectivity index (χ2n) is 5.58. The van der Waals surface area contributed by atoms with Crippen molar-refractivity contribution in [2.45, 2.75) is 84.3 Å². The first-order valence-electron chi connectivity index (χ1n) is 8.70. The summed E-state index contributed by atoms with van der Waals surface area (Å²) < 4.78 is 14.3. The lowest BCUT2D eigenvalue weighted by molar-refractivity contribution is -0.168. The fourth-order valence-corrected chi connectivity index (χ4v) is 2.16. The van der Waals surface area contributed by atoms with Gasteiger partial charge in [-0.15, -0.1) is 0 Å². The zero-order valence-corrected chi connectivity index (χ0v) is 14.8. The van der Waals surface area contributed by atoms with Gasteiger partial charge in [0.1, 0.15) is 0 Å². The Labute approximate surface area is 143 Å². The van der Waals surface area contributed by atoms with Gasteiger partial charge < -0.3 is 19.3 Å². The Balaban J connectivity index is 3.42. The number of carboxylic acid groups (broad SMARTS) is 1. The summed E-state index contributed by atoms with van der Waals surface area (Å²) >= 11 is 0. The number of hydrogen-bond acceptors (Lipinski definition) is 6. The van der Waals surface area contributed by atoms with Gasteiger partial charge in [-0.05, 0) is 19.8 Å². The zero-order valence-electron chi connectivity index (χ0n) is 14.8. The molecule has 0 aliphatic carbocycles. The monoisotopic (exact) mass is 346 g/mol. The molecule has 0 bridgehead atoms. The van der Waals surface area contributed by atoms with Crippen LogP contribution in [-0.2, 0) is 23.8 Å². The van der Waals surface area contributed by atoms with Gasteiger partial charge in [0, 0.05) is 19.8 Å². The molecule has 0 amide bonds. The molecule has 1 unspecified atom stereocenters. The van der Waals surface area contributed by atoms with Crippen molar-refractivity contribution in [3.8, 4) is 0 Å². The molecule has 0 aromatic rings. The number of unbranched alkanes of at least 4 members (excludes halogenated alkanes) is 7. The molecule has 0 saturated heterocycles. The summed E-state index contributed by atoms with van der Waals surface area (Å²) in [5.41, 5.74) is 0. The molecule has 0 spiro atoms. The predicted molar refractivity (Wildman–Crippen MR) is 87.5 cm³/mol. The molecular weight excluding hydrogens is 316 g/mol. The number of ether oxygens (including phenoxy) is 3. The highest BCUT2D eigenvalue weighted by atomic mass is 16.8. The van der Waals surface area contributed by atoms with E-state index in [9.17, 15) is 14.4 Å². The summed E-state index contributed by atoms with van der Waals surface area (Å²) in [7, 11) is 0. The van der Waals surface area contributed by atoms with Crippen molar-refractivity contribution in [1.29, 1.82) is 0 Å². The maximum Gasteiger partial charge on any atom is 0.511 e. The second-order valence-corrected chi connectivity index (χ2v) is 5.58. The third-order valence-electron chi connectivity index (χ3n) is 3.34. The highest BCUT2D eigenvalue weighted by molar-refractivity contribution is 5.69. The fourth-order valence-electron chi connectivity index (χ4n) is 2.16. The molecule has 24 heavy (non-hydrogen) atoms. The van der Waals surface area contributed by atoms with Gasteiger partial charge in [-0.1, -0.05) is 38.5 Å². The van der Waals surface area contributed by atoms with Crippen molar-refractivity contribution < 1.29 is 33.7 Å². The molecule has 0 aromatic carbocycles. The molecule has 0 fully saturated rings. The lowest BCUT2D eigenvalue weighted by Crippen LogP contribution is -2.22. The maximum atomic E-state index is 11.6. The largest absolute Gasteiger partial charge is 0.511 e. The van der Waals surface area contributed by atoms with E-state index in [-0.39, 0.29) is 19.0 Å². The Morgan fingerprint density at radius 1 is 0.833 bits per heavy atom. The van der Waals surface area contributed by atoms with E-state index in [0.717, 1.165) is 51.4 Å². The van der Waals surface area contributed by atoms with E-state index in [2.05, 4.69) is 4.74 Å². The highest BCUT2D eigenvalue weighted by Crippen LogP contribution is 2.11. The number of hydrogen-bond donors (Lipinski definition) is 1. The Morgan fingerprint density at radius 3 is 1.83 bits per heavy atom. The molecule has 0 rings (SSSR count). The molecule has 0 heterocycles. The lowest BCUT2D eigenvalue weighted by atomic mass is 10.1. The third kappa shape index (κ3) is 15.1. The Bertz CT molecular complexity index is 368. The minimum absolute atomic E-state index is 0.207. The van der Waals surface area contributed by atoms with Crippen LogP contribution in [0.2, 0.25) is 0 Å². The van der Waals surface area contributed by atoms with Gasteiger partial charge in [-0.3, -0.25) is 9.59 Å². The Kier molecular flexibility index (Phi) is 13.7. The van der Waals surface area contributed by atoms with Crippen LogP contribution in [0, 0.1) is 0 Å². The Hall–Kier alpha value is -1.79. The van der Waals surface area contributed by atoms with E-state index in [4.69, 9.17) is 14.6 Å². The first kappa shape index (κ1) is 22.2. The topological polar surface area (TPSA) is 99.1 Å². The maximum absolute atomic E-state index is 11.6. The molecule has 7 heteroatoms. The van der Waals surface area contributed by atoms with E-state index in [1.54, 1.807) is 6.92 Å². The molecule has 1 atom stereocenters. The van der Waals surface area contributed by atoms with Crippen molar-refractivity contribution >= 4 is 18.1 Å². The second kappa shape index (κ2) is 14.8. The zero-order chi connectivity index (χ0) is 18.2. The summed E-state index contributed by atoms with van der Waals surface area (Å²) in [4.78, 5) is 32.9. The van der Waals surface area contributed by atoms with Crippen molar-refractivity contribution in [1.82, 2.24) is 0 Å². The van der Waals surface area contributed by atoms with Crippen LogP contribution in [0.25, 0.3) is 0 Å². The summed E-state index contributed by atoms with van der Waals surface area (Å²) in [5, 5.41) is 8.51. The SMILES string of the molecule is CCOC(=O)OC(C)OC(=O)CCCCCCCCCCC(=O)O. The van der Waals surface area contributed by atoms with Crippen LogP contribution in [0.3, 0.4) is 0 Å². The molecule has 1 N–H and O–H groups in total. The van der Waals surface area contributed by atoms with Gasteiger partial charge in [-0.2, -0.15) is 0 Å². The van der Waals surface area contributed by atoms with Gasteiger partial charge in [0.05, 0.1) is 6.61 Å². The molecule has 0 aliphatic rings. The van der Waals surface area contributed by atoms with E-state index in [1.165, 1.54) is 6.92 Å². The molecule has 0 aliphatic heterocycles. The minimum Gasteiger partial charge on any atom is -0.481 e. The van der Waals surface area contributed by atoms with Gasteiger partial charge in [0.15, 0.2) is 0 Å². The first-order valence-corrected chi connectivity index (χ1v) is 8.70. The van der Waals surface area contributed by atoms with Crippen LogP contribution < -0.4 is 0 Å². The predicted octanol–water partition coefficient (Wildman–Crippen LogP) is 4.03. The Morgan fingerprint density at radius 2 is 1.33 bits per heavy atom. The van der Waals surface area contributed by atoms with Crippen molar-refractivity contribution in [2.75, 3.05) is 6.61 Å². The standard InChI is InChI=1S/C17H30O7/c1-3-22-17(21)24-14(2)23-16(20)13-11-9-7-5-4-6-8-10-12-15(18)19/h14H,3-13H2,1-2H3,(H,18,19). The molecular formula is C17H30O7. The van der Waals surface area contributed by atoms with Crippen LogP contribution in [0.4, 0.5) is 4.79 Å². The quantitative estimate of drug-likeness (QED) is 0.288. The van der Waals surface area contributed by atoms with Crippen LogP contribution in [0.5, 0.6) is 0 Å². The third-order valence-corrected chi connectivity index (χ3v) is 3.34. The van der Waals surface area contributed by atoms with Gasteiger partial charge >= 0.3 is 18.1 Å². The van der Waals surface area contributed by atoms with Gasteiger partial charge in [0.2, 0.25) is 6.29 Å². The van der Waals surface area contributed by atoms with Gasteiger partial charge in [-0.25, -0.2) is 4.79 Å². The smallest absolute Gasteiger partial charge is 0.481 e. The highest BCUT2D eigenvalue weighted by Gasteiger charge is 2.14. The molecule has 0 aromatic heterocycles. The van der Waals surface area contributed by atoms with E-state index >= 15 is 0 Å². The van der Waals surface area contributed by atoms with Gasteiger partial charge in [0.25, 0.3) is 0 Å². The molecule has 140 valence electrons.